The van der Waals surface area contributed by atoms with Gasteiger partial charge in [-0.1, -0.05) is 42.0 Å². The van der Waals surface area contributed by atoms with Crippen LogP contribution < -0.4 is 5.32 Å². The zero-order chi connectivity index (χ0) is 19.2. The molecule has 0 atom stereocenters. The monoisotopic (exact) mass is 365 g/mol. The molecule has 5 nitrogen and oxygen atoms in total. The van der Waals surface area contributed by atoms with Crippen molar-refractivity contribution in [2.45, 2.75) is 20.4 Å². The van der Waals surface area contributed by atoms with E-state index in [-0.39, 0.29) is 11.7 Å². The third-order valence-electron chi connectivity index (χ3n) is 4.87. The van der Waals surface area contributed by atoms with Crippen molar-refractivity contribution in [1.82, 2.24) is 9.80 Å². The zero-order valence-corrected chi connectivity index (χ0v) is 16.1. The van der Waals surface area contributed by atoms with Crippen molar-refractivity contribution >= 4 is 17.4 Å². The number of aryl methyl sites for hydroxylation is 1. The van der Waals surface area contributed by atoms with E-state index < -0.39 is 0 Å². The van der Waals surface area contributed by atoms with Crippen LogP contribution in [0.15, 0.2) is 48.5 Å². The summed E-state index contributed by atoms with van der Waals surface area (Å²) in [5.41, 5.74) is 3.91. The lowest BCUT2D eigenvalue weighted by Gasteiger charge is -2.34. The quantitative estimate of drug-likeness (QED) is 0.800. The molecule has 1 fully saturated rings. The highest BCUT2D eigenvalue weighted by Crippen LogP contribution is 2.13. The Bertz CT molecular complexity index is 811. The Labute approximate surface area is 161 Å². The molecule has 142 valence electrons. The van der Waals surface area contributed by atoms with E-state index in [1.54, 1.807) is 18.2 Å². The van der Waals surface area contributed by atoms with Crippen LogP contribution in [-0.4, -0.2) is 54.2 Å². The van der Waals surface area contributed by atoms with Crippen molar-refractivity contribution in [2.75, 3.05) is 38.0 Å². The van der Waals surface area contributed by atoms with E-state index in [1.807, 2.05) is 6.07 Å². The van der Waals surface area contributed by atoms with Gasteiger partial charge in [0.1, 0.15) is 0 Å². The first-order chi connectivity index (χ1) is 13.0. The topological polar surface area (TPSA) is 52.7 Å². The highest BCUT2D eigenvalue weighted by atomic mass is 16.2. The third kappa shape index (κ3) is 5.74. The summed E-state index contributed by atoms with van der Waals surface area (Å²) in [5.74, 6) is -0.0429. The van der Waals surface area contributed by atoms with Crippen molar-refractivity contribution in [3.63, 3.8) is 0 Å². The number of hydrogen-bond acceptors (Lipinski definition) is 4. The van der Waals surface area contributed by atoms with Gasteiger partial charge in [-0.3, -0.25) is 19.4 Å². The summed E-state index contributed by atoms with van der Waals surface area (Å²) in [7, 11) is 0. The lowest BCUT2D eigenvalue weighted by atomic mass is 10.1. The van der Waals surface area contributed by atoms with Crippen molar-refractivity contribution < 1.29 is 9.59 Å². The molecule has 1 aliphatic heterocycles. The molecule has 0 aliphatic carbocycles. The maximum Gasteiger partial charge on any atom is 0.238 e. The van der Waals surface area contributed by atoms with Crippen LogP contribution in [0.1, 0.15) is 28.4 Å². The van der Waals surface area contributed by atoms with Crippen LogP contribution in [0, 0.1) is 6.92 Å². The Morgan fingerprint density at radius 3 is 2.37 bits per heavy atom. The van der Waals surface area contributed by atoms with Gasteiger partial charge in [-0.25, -0.2) is 0 Å². The molecule has 1 N–H and O–H groups in total. The Balaban J connectivity index is 1.45. The van der Waals surface area contributed by atoms with Crippen LogP contribution in [0.4, 0.5) is 5.69 Å². The molecule has 1 amide bonds. The number of benzene rings is 2. The summed E-state index contributed by atoms with van der Waals surface area (Å²) in [6.07, 6.45) is 0. The Hall–Kier alpha value is -2.50. The van der Waals surface area contributed by atoms with E-state index in [2.05, 4.69) is 46.3 Å². The number of carbonyl (C=O) groups is 2. The van der Waals surface area contributed by atoms with Gasteiger partial charge in [0.15, 0.2) is 5.78 Å². The number of nitrogens with one attached hydrogen (secondary N) is 1. The van der Waals surface area contributed by atoms with Crippen molar-refractivity contribution in [1.29, 1.82) is 0 Å². The molecule has 1 aliphatic rings. The molecule has 0 unspecified atom stereocenters. The van der Waals surface area contributed by atoms with E-state index in [9.17, 15) is 9.59 Å². The smallest absolute Gasteiger partial charge is 0.238 e. The predicted octanol–water partition coefficient (Wildman–Crippen LogP) is 2.95. The fourth-order valence-corrected chi connectivity index (χ4v) is 3.39. The minimum Gasteiger partial charge on any atom is -0.325 e. The highest BCUT2D eigenvalue weighted by Gasteiger charge is 2.19. The molecule has 0 bridgehead atoms. The highest BCUT2D eigenvalue weighted by molar-refractivity contribution is 5.97. The largest absolute Gasteiger partial charge is 0.325 e. The maximum atomic E-state index is 12.3. The minimum atomic E-state index is -0.0390. The molecule has 27 heavy (non-hydrogen) atoms. The van der Waals surface area contributed by atoms with Gasteiger partial charge in [-0.15, -0.1) is 0 Å². The molecule has 2 aromatic rings. The fraction of sp³-hybridized carbons (Fsp3) is 0.364. The summed E-state index contributed by atoms with van der Waals surface area (Å²) < 4.78 is 0. The second-order valence-corrected chi connectivity index (χ2v) is 7.23. The third-order valence-corrected chi connectivity index (χ3v) is 4.87. The van der Waals surface area contributed by atoms with Crippen molar-refractivity contribution in [3.05, 3.63) is 65.2 Å². The second-order valence-electron chi connectivity index (χ2n) is 7.23. The molecule has 1 saturated heterocycles. The molecule has 0 spiro atoms. The van der Waals surface area contributed by atoms with E-state index in [1.165, 1.54) is 18.1 Å². The van der Waals surface area contributed by atoms with Crippen LogP contribution >= 0.6 is 0 Å². The second kappa shape index (κ2) is 8.93. The van der Waals surface area contributed by atoms with E-state index in [0.29, 0.717) is 17.8 Å². The van der Waals surface area contributed by atoms with E-state index >= 15 is 0 Å². The number of hydrogen-bond donors (Lipinski definition) is 1. The lowest BCUT2D eigenvalue weighted by Crippen LogP contribution is -2.48. The summed E-state index contributed by atoms with van der Waals surface area (Å²) in [6.45, 7) is 8.66. The number of nitrogens with zero attached hydrogens (tertiary/aromatic N) is 2. The number of amides is 1. The summed E-state index contributed by atoms with van der Waals surface area (Å²) in [4.78, 5) is 28.4. The average molecular weight is 365 g/mol. The van der Waals surface area contributed by atoms with Crippen molar-refractivity contribution in [2.24, 2.45) is 0 Å². The van der Waals surface area contributed by atoms with Gasteiger partial charge in [0.05, 0.1) is 6.54 Å². The number of ketones is 1. The van der Waals surface area contributed by atoms with Crippen LogP contribution in [0.5, 0.6) is 0 Å². The fourth-order valence-electron chi connectivity index (χ4n) is 3.39. The number of anilines is 1. The standard InChI is InChI=1S/C22H27N3O2/c1-17-5-3-6-19(13-17)15-24-9-11-25(12-10-24)16-22(27)23-21-8-4-7-20(14-21)18(2)26/h3-8,13-14H,9-12,15-16H2,1-2H3,(H,23,27). The zero-order valence-electron chi connectivity index (χ0n) is 16.1. The van der Waals surface area contributed by atoms with Crippen LogP contribution in [0.25, 0.3) is 0 Å². The van der Waals surface area contributed by atoms with E-state index in [4.69, 9.17) is 0 Å². The molecular formula is C22H27N3O2. The normalized spacial score (nSPS) is 15.5. The summed E-state index contributed by atoms with van der Waals surface area (Å²) >= 11 is 0. The van der Waals surface area contributed by atoms with Gasteiger partial charge in [0, 0.05) is 44.0 Å². The van der Waals surface area contributed by atoms with Gasteiger partial charge in [-0.05, 0) is 31.5 Å². The van der Waals surface area contributed by atoms with E-state index in [0.717, 1.165) is 32.7 Å². The molecule has 0 saturated carbocycles. The molecular weight excluding hydrogens is 338 g/mol. The Kier molecular flexibility index (Phi) is 6.37. The molecule has 5 heteroatoms. The van der Waals surface area contributed by atoms with Gasteiger partial charge >= 0.3 is 0 Å². The molecule has 0 radical (unpaired) electrons. The molecule has 3 rings (SSSR count). The lowest BCUT2D eigenvalue weighted by molar-refractivity contribution is -0.117. The molecule has 0 aromatic heterocycles. The first-order valence-electron chi connectivity index (χ1n) is 9.41. The Morgan fingerprint density at radius 2 is 1.67 bits per heavy atom. The number of piperazine rings is 1. The molecule has 1 heterocycles. The van der Waals surface area contributed by atoms with Crippen molar-refractivity contribution in [3.8, 4) is 0 Å². The first-order valence-corrected chi connectivity index (χ1v) is 9.41. The van der Waals surface area contributed by atoms with Crippen LogP contribution in [-0.2, 0) is 11.3 Å². The average Bonchev–Trinajstić information content (AvgIpc) is 2.63. The maximum absolute atomic E-state index is 12.3. The van der Waals surface area contributed by atoms with Gasteiger partial charge in [0.25, 0.3) is 0 Å². The Morgan fingerprint density at radius 1 is 0.963 bits per heavy atom. The SMILES string of the molecule is CC(=O)c1cccc(NC(=O)CN2CCN(Cc3cccc(C)c3)CC2)c1. The number of carbonyl (C=O) groups excluding carboxylic acids is 2. The van der Waals surface area contributed by atoms with Crippen LogP contribution in [0.3, 0.4) is 0 Å². The summed E-state index contributed by atoms with van der Waals surface area (Å²) in [5, 5.41) is 2.90. The van der Waals surface area contributed by atoms with Gasteiger partial charge < -0.3 is 5.32 Å². The molecule has 2 aromatic carbocycles. The minimum absolute atomic E-state index is 0.00386. The summed E-state index contributed by atoms with van der Waals surface area (Å²) in [6, 6.07) is 15.7. The van der Waals surface area contributed by atoms with Gasteiger partial charge in [0.2, 0.25) is 5.91 Å². The number of rotatable bonds is 6. The van der Waals surface area contributed by atoms with Gasteiger partial charge in [-0.2, -0.15) is 0 Å². The van der Waals surface area contributed by atoms with Crippen LogP contribution in [0.2, 0.25) is 0 Å². The first kappa shape index (κ1) is 19.3. The number of Topliss-reactive ketones (excluding diaryl/α,β-unsaturated/α-hetero) is 1. The predicted molar refractivity (Wildman–Crippen MR) is 108 cm³/mol.